The molecule has 0 aromatic carbocycles. The van der Waals surface area contributed by atoms with E-state index in [1.165, 1.54) is 22.1 Å². The number of aromatic nitrogens is 2. The summed E-state index contributed by atoms with van der Waals surface area (Å²) in [7, 11) is 3.02. The summed E-state index contributed by atoms with van der Waals surface area (Å²) in [4.78, 5) is 28.0. The first kappa shape index (κ1) is 15.6. The van der Waals surface area contributed by atoms with Gasteiger partial charge in [0.15, 0.2) is 5.56 Å². The summed E-state index contributed by atoms with van der Waals surface area (Å²) < 4.78 is 2.41. The van der Waals surface area contributed by atoms with E-state index in [1.54, 1.807) is 18.4 Å². The summed E-state index contributed by atoms with van der Waals surface area (Å²) in [5.41, 5.74) is 0.332. The molecule has 0 amide bonds. The molecule has 0 unspecified atom stereocenters. The lowest BCUT2D eigenvalue weighted by Crippen LogP contribution is -2.45. The van der Waals surface area contributed by atoms with Crippen molar-refractivity contribution in [3.05, 3.63) is 48.3 Å². The molecule has 120 valence electrons. The van der Waals surface area contributed by atoms with Gasteiger partial charge in [-0.2, -0.15) is 5.26 Å². The predicted octanol–water partition coefficient (Wildman–Crippen LogP) is 1.53. The number of hydrogen-bond donors (Lipinski definition) is 0. The zero-order chi connectivity index (χ0) is 16.7. The molecule has 3 heterocycles. The van der Waals surface area contributed by atoms with Gasteiger partial charge in [0.2, 0.25) is 0 Å². The van der Waals surface area contributed by atoms with E-state index in [-0.39, 0.29) is 11.6 Å². The quantitative estimate of drug-likeness (QED) is 0.837. The molecule has 0 fully saturated rings. The van der Waals surface area contributed by atoms with Gasteiger partial charge in [-0.1, -0.05) is 6.92 Å². The number of nitrogens with zero attached hydrogens (tertiary/aromatic N) is 4. The van der Waals surface area contributed by atoms with Crippen molar-refractivity contribution in [3.8, 4) is 6.07 Å². The Bertz CT molecular complexity index is 916. The predicted molar refractivity (Wildman–Crippen MR) is 90.0 cm³/mol. The van der Waals surface area contributed by atoms with E-state index < -0.39 is 11.2 Å². The lowest BCUT2D eigenvalue weighted by atomic mass is 9.97. The van der Waals surface area contributed by atoms with Crippen LogP contribution in [0.2, 0.25) is 0 Å². The van der Waals surface area contributed by atoms with E-state index in [4.69, 9.17) is 0 Å². The molecule has 2 aromatic rings. The lowest BCUT2D eigenvalue weighted by molar-refractivity contribution is 0.545. The third-order valence-electron chi connectivity index (χ3n) is 4.50. The van der Waals surface area contributed by atoms with Crippen molar-refractivity contribution >= 4 is 17.2 Å². The van der Waals surface area contributed by atoms with Crippen LogP contribution >= 0.6 is 11.3 Å². The third kappa shape index (κ3) is 2.21. The maximum Gasteiger partial charge on any atom is 0.332 e. The molecule has 0 spiro atoms. The van der Waals surface area contributed by atoms with Crippen molar-refractivity contribution in [2.45, 2.75) is 25.8 Å². The van der Waals surface area contributed by atoms with Crippen LogP contribution in [-0.4, -0.2) is 15.7 Å². The van der Waals surface area contributed by atoms with Gasteiger partial charge in [0.05, 0.1) is 6.04 Å². The Morgan fingerprint density at radius 2 is 2.09 bits per heavy atom. The van der Waals surface area contributed by atoms with E-state index in [1.807, 2.05) is 11.0 Å². The molecule has 23 heavy (non-hydrogen) atoms. The Hall–Kier alpha value is -2.33. The standard InChI is InChI=1S/C16H18N4O2S/c1-4-12-10-6-8-23-13(10)5-7-20(12)14-11(9-17)15(21)19(3)16(22)18(14)2/h6,8,12H,4-5,7H2,1-3H3/t12-/m1/s1. The summed E-state index contributed by atoms with van der Waals surface area (Å²) in [5, 5.41) is 11.6. The smallest absolute Gasteiger partial charge is 0.332 e. The van der Waals surface area contributed by atoms with Crippen molar-refractivity contribution in [2.75, 3.05) is 11.4 Å². The number of hydrogen-bond acceptors (Lipinski definition) is 5. The molecule has 0 radical (unpaired) electrons. The third-order valence-corrected chi connectivity index (χ3v) is 5.50. The number of anilines is 1. The summed E-state index contributed by atoms with van der Waals surface area (Å²) in [6.45, 7) is 2.77. The van der Waals surface area contributed by atoms with Crippen LogP contribution in [0, 0.1) is 11.3 Å². The fourth-order valence-corrected chi connectivity index (χ4v) is 4.29. The highest BCUT2D eigenvalue weighted by Crippen LogP contribution is 2.38. The van der Waals surface area contributed by atoms with Crippen LogP contribution in [0.25, 0.3) is 0 Å². The van der Waals surface area contributed by atoms with Gasteiger partial charge < -0.3 is 4.90 Å². The first-order valence-electron chi connectivity index (χ1n) is 7.54. The van der Waals surface area contributed by atoms with Crippen LogP contribution in [0.1, 0.15) is 35.4 Å². The van der Waals surface area contributed by atoms with Crippen molar-refractivity contribution in [1.82, 2.24) is 9.13 Å². The topological polar surface area (TPSA) is 71.0 Å². The molecule has 6 nitrogen and oxygen atoms in total. The first-order chi connectivity index (χ1) is 11.0. The maximum atomic E-state index is 12.3. The van der Waals surface area contributed by atoms with E-state index in [9.17, 15) is 14.9 Å². The molecule has 0 aliphatic carbocycles. The zero-order valence-electron chi connectivity index (χ0n) is 13.4. The normalized spacial score (nSPS) is 17.0. The molecule has 2 aromatic heterocycles. The summed E-state index contributed by atoms with van der Waals surface area (Å²) >= 11 is 1.74. The summed E-state index contributed by atoms with van der Waals surface area (Å²) in [6.07, 6.45) is 1.70. The molecule has 0 saturated carbocycles. The molecule has 0 bridgehead atoms. The van der Waals surface area contributed by atoms with Gasteiger partial charge >= 0.3 is 5.69 Å². The minimum atomic E-state index is -0.531. The molecule has 1 atom stereocenters. The average Bonchev–Trinajstić information content (AvgIpc) is 3.03. The van der Waals surface area contributed by atoms with Crippen molar-refractivity contribution < 1.29 is 0 Å². The van der Waals surface area contributed by atoms with E-state index in [0.717, 1.165) is 17.4 Å². The highest BCUT2D eigenvalue weighted by Gasteiger charge is 2.31. The monoisotopic (exact) mass is 330 g/mol. The van der Waals surface area contributed by atoms with Crippen molar-refractivity contribution in [3.63, 3.8) is 0 Å². The van der Waals surface area contributed by atoms with E-state index >= 15 is 0 Å². The van der Waals surface area contributed by atoms with Crippen LogP contribution in [0.5, 0.6) is 0 Å². The van der Waals surface area contributed by atoms with Crippen LogP contribution in [-0.2, 0) is 20.5 Å². The lowest BCUT2D eigenvalue weighted by Gasteiger charge is -2.38. The molecule has 3 rings (SSSR count). The molecule has 1 aliphatic heterocycles. The first-order valence-corrected chi connectivity index (χ1v) is 8.42. The molecule has 1 aliphatic rings. The number of nitriles is 1. The Labute approximate surface area is 137 Å². The van der Waals surface area contributed by atoms with Gasteiger partial charge in [0.1, 0.15) is 11.9 Å². The van der Waals surface area contributed by atoms with Gasteiger partial charge in [-0.15, -0.1) is 11.3 Å². The van der Waals surface area contributed by atoms with Gasteiger partial charge in [-0.25, -0.2) is 4.79 Å². The summed E-state index contributed by atoms with van der Waals surface area (Å²) in [5.74, 6) is 0.435. The van der Waals surface area contributed by atoms with Gasteiger partial charge in [0.25, 0.3) is 5.56 Å². The van der Waals surface area contributed by atoms with Crippen LogP contribution in [0.4, 0.5) is 5.82 Å². The molecular formula is C16H18N4O2S. The Kier molecular flexibility index (Phi) is 3.86. The maximum absolute atomic E-state index is 12.3. The molecule has 0 N–H and O–H groups in total. The van der Waals surface area contributed by atoms with Crippen LogP contribution in [0.15, 0.2) is 21.0 Å². The number of rotatable bonds is 2. The van der Waals surface area contributed by atoms with Gasteiger partial charge in [0, 0.05) is 25.5 Å². The summed E-state index contributed by atoms with van der Waals surface area (Å²) in [6, 6.07) is 4.18. The second-order valence-electron chi connectivity index (χ2n) is 5.68. The van der Waals surface area contributed by atoms with Crippen molar-refractivity contribution in [1.29, 1.82) is 5.26 Å². The number of fused-ring (bicyclic) bond motifs is 1. The van der Waals surface area contributed by atoms with Crippen LogP contribution < -0.4 is 16.1 Å². The minimum absolute atomic E-state index is 0.0340. The highest BCUT2D eigenvalue weighted by atomic mass is 32.1. The fourth-order valence-electron chi connectivity index (χ4n) is 3.36. The SMILES string of the molecule is CC[C@@H]1c2ccsc2CCN1c1c(C#N)c(=O)n(C)c(=O)n1C. The fraction of sp³-hybridized carbons (Fsp3) is 0.438. The molecule has 0 saturated heterocycles. The largest absolute Gasteiger partial charge is 0.349 e. The Morgan fingerprint density at radius 3 is 2.74 bits per heavy atom. The van der Waals surface area contributed by atoms with E-state index in [0.29, 0.717) is 12.4 Å². The Balaban J connectivity index is 2.26. The van der Waals surface area contributed by atoms with Gasteiger partial charge in [-0.3, -0.25) is 13.9 Å². The second-order valence-corrected chi connectivity index (χ2v) is 6.68. The molecular weight excluding hydrogens is 312 g/mol. The van der Waals surface area contributed by atoms with E-state index in [2.05, 4.69) is 18.4 Å². The van der Waals surface area contributed by atoms with Crippen LogP contribution in [0.3, 0.4) is 0 Å². The molecule has 7 heteroatoms. The van der Waals surface area contributed by atoms with Gasteiger partial charge in [-0.05, 0) is 29.9 Å². The zero-order valence-corrected chi connectivity index (χ0v) is 14.2. The van der Waals surface area contributed by atoms with Crippen molar-refractivity contribution in [2.24, 2.45) is 14.1 Å². The highest BCUT2D eigenvalue weighted by molar-refractivity contribution is 7.10. The average molecular weight is 330 g/mol. The Morgan fingerprint density at radius 1 is 1.35 bits per heavy atom. The number of thiophene rings is 1. The second kappa shape index (κ2) is 5.70. The minimum Gasteiger partial charge on any atom is -0.349 e.